The van der Waals surface area contributed by atoms with E-state index in [0.717, 1.165) is 23.3 Å². The molecule has 0 aliphatic rings. The quantitative estimate of drug-likeness (QED) is 0.594. The van der Waals surface area contributed by atoms with Crippen LogP contribution in [0.15, 0.2) is 72.9 Å². The highest BCUT2D eigenvalue weighted by atomic mass is 16.1. The third-order valence-electron chi connectivity index (χ3n) is 4.47. The van der Waals surface area contributed by atoms with E-state index in [4.69, 9.17) is 0 Å². The van der Waals surface area contributed by atoms with Crippen molar-refractivity contribution in [3.8, 4) is 0 Å². The van der Waals surface area contributed by atoms with Gasteiger partial charge in [-0.15, -0.1) is 5.10 Å². The van der Waals surface area contributed by atoms with E-state index in [1.54, 1.807) is 23.0 Å². The maximum absolute atomic E-state index is 12.9. The largest absolute Gasteiger partial charge is 0.340 e. The molecule has 0 fully saturated rings. The molecular weight excluding hydrogens is 338 g/mol. The van der Waals surface area contributed by atoms with E-state index < -0.39 is 0 Å². The number of carbonyl (C=O) groups excluding carboxylic acids is 1. The minimum absolute atomic E-state index is 0.178. The Morgan fingerprint density at radius 3 is 2.63 bits per heavy atom. The monoisotopic (exact) mass is 357 g/mol. The highest BCUT2D eigenvalue weighted by Gasteiger charge is 2.19. The van der Waals surface area contributed by atoms with Gasteiger partial charge in [-0.3, -0.25) is 9.78 Å². The lowest BCUT2D eigenvalue weighted by atomic mass is 10.0. The van der Waals surface area contributed by atoms with Gasteiger partial charge < -0.3 is 5.32 Å². The third-order valence-corrected chi connectivity index (χ3v) is 4.47. The summed E-state index contributed by atoms with van der Waals surface area (Å²) in [6, 6.07) is 20.6. The lowest BCUT2D eigenvalue weighted by Gasteiger charge is -2.19. The van der Waals surface area contributed by atoms with E-state index in [9.17, 15) is 4.79 Å². The van der Waals surface area contributed by atoms with Crippen molar-refractivity contribution in [2.24, 2.45) is 0 Å². The first-order valence-electron chi connectivity index (χ1n) is 8.86. The molecule has 0 saturated carbocycles. The van der Waals surface area contributed by atoms with Crippen LogP contribution in [0.2, 0.25) is 0 Å². The van der Waals surface area contributed by atoms with Crippen LogP contribution in [0.3, 0.4) is 0 Å². The molecule has 2 aromatic carbocycles. The first kappa shape index (κ1) is 16.9. The summed E-state index contributed by atoms with van der Waals surface area (Å²) < 4.78 is 1.80. The van der Waals surface area contributed by atoms with Crippen molar-refractivity contribution < 1.29 is 4.79 Å². The summed E-state index contributed by atoms with van der Waals surface area (Å²) in [6.45, 7) is 2.74. The fraction of sp³-hybridized carbons (Fsp3) is 0.143. The molecule has 6 heteroatoms. The van der Waals surface area contributed by atoms with E-state index in [1.807, 2.05) is 61.5 Å². The highest BCUT2D eigenvalue weighted by Crippen LogP contribution is 2.21. The van der Waals surface area contributed by atoms with Crippen LogP contribution in [0.5, 0.6) is 0 Å². The number of nitrogens with one attached hydrogen (secondary N) is 1. The van der Waals surface area contributed by atoms with Crippen molar-refractivity contribution >= 4 is 16.9 Å². The Morgan fingerprint density at radius 2 is 1.89 bits per heavy atom. The topological polar surface area (TPSA) is 72.7 Å². The van der Waals surface area contributed by atoms with E-state index in [-0.39, 0.29) is 11.9 Å². The number of carbonyl (C=O) groups is 1. The van der Waals surface area contributed by atoms with Crippen molar-refractivity contribution in [2.75, 3.05) is 0 Å². The highest BCUT2D eigenvalue weighted by molar-refractivity contribution is 5.97. The average molecular weight is 357 g/mol. The van der Waals surface area contributed by atoms with Crippen LogP contribution in [-0.4, -0.2) is 25.9 Å². The molecule has 1 atom stereocenters. The number of amides is 1. The van der Waals surface area contributed by atoms with Crippen molar-refractivity contribution in [1.82, 2.24) is 25.3 Å². The number of hydrogen-bond acceptors (Lipinski definition) is 4. The van der Waals surface area contributed by atoms with Crippen LogP contribution in [0, 0.1) is 0 Å². The van der Waals surface area contributed by atoms with Gasteiger partial charge >= 0.3 is 0 Å². The van der Waals surface area contributed by atoms with Crippen LogP contribution >= 0.6 is 0 Å². The number of rotatable bonds is 5. The number of benzene rings is 2. The Labute approximate surface area is 156 Å². The third kappa shape index (κ3) is 3.42. The van der Waals surface area contributed by atoms with Crippen molar-refractivity contribution in [3.63, 3.8) is 0 Å². The average Bonchev–Trinajstić information content (AvgIpc) is 3.15. The summed E-state index contributed by atoms with van der Waals surface area (Å²) in [5.74, 6) is -0.178. The second-order valence-electron chi connectivity index (χ2n) is 6.18. The fourth-order valence-electron chi connectivity index (χ4n) is 3.08. The van der Waals surface area contributed by atoms with Gasteiger partial charge in [-0.05, 0) is 42.8 Å². The molecule has 0 radical (unpaired) electrons. The molecule has 4 aromatic rings. The maximum atomic E-state index is 12.9. The summed E-state index contributed by atoms with van der Waals surface area (Å²) in [4.78, 5) is 17.4. The molecule has 0 aliphatic heterocycles. The summed E-state index contributed by atoms with van der Waals surface area (Å²) in [5.41, 5.74) is 3.93. The summed E-state index contributed by atoms with van der Waals surface area (Å²) in [6.07, 6.45) is 1.73. The molecule has 4 rings (SSSR count). The van der Waals surface area contributed by atoms with Crippen molar-refractivity contribution in [2.45, 2.75) is 19.5 Å². The van der Waals surface area contributed by atoms with E-state index in [1.165, 1.54) is 0 Å². The first-order chi connectivity index (χ1) is 13.3. The lowest BCUT2D eigenvalue weighted by molar-refractivity contribution is 0.0942. The molecule has 2 aromatic heterocycles. The van der Waals surface area contributed by atoms with E-state index >= 15 is 0 Å². The second-order valence-corrected chi connectivity index (χ2v) is 6.18. The fourth-order valence-corrected chi connectivity index (χ4v) is 3.08. The molecule has 1 amide bonds. The molecule has 6 nitrogen and oxygen atoms in total. The molecule has 2 heterocycles. The number of nitrogens with zero attached hydrogens (tertiary/aromatic N) is 4. The predicted molar refractivity (Wildman–Crippen MR) is 103 cm³/mol. The van der Waals surface area contributed by atoms with Gasteiger partial charge in [-0.2, -0.15) is 0 Å². The summed E-state index contributed by atoms with van der Waals surface area (Å²) in [7, 11) is 0. The maximum Gasteiger partial charge on any atom is 0.252 e. The molecular formula is C21H19N5O. The molecule has 27 heavy (non-hydrogen) atoms. The van der Waals surface area contributed by atoms with Crippen LogP contribution in [-0.2, 0) is 6.54 Å². The normalized spacial score (nSPS) is 12.0. The SMILES string of the molecule is CCn1nnc2cc(C(=O)NC(c3ccccc3)c3ccccn3)ccc21. The molecule has 0 spiro atoms. The zero-order valence-electron chi connectivity index (χ0n) is 14.9. The molecule has 0 aliphatic carbocycles. The zero-order chi connectivity index (χ0) is 18.6. The first-order valence-corrected chi connectivity index (χ1v) is 8.86. The lowest BCUT2D eigenvalue weighted by Crippen LogP contribution is -2.29. The Hall–Kier alpha value is -3.54. The van der Waals surface area contributed by atoms with Crippen LogP contribution in [0.1, 0.15) is 34.6 Å². The van der Waals surface area contributed by atoms with Gasteiger partial charge in [-0.25, -0.2) is 4.68 Å². The minimum Gasteiger partial charge on any atom is -0.340 e. The Morgan fingerprint density at radius 1 is 1.07 bits per heavy atom. The predicted octanol–water partition coefficient (Wildman–Crippen LogP) is 3.37. The Balaban J connectivity index is 1.66. The van der Waals surface area contributed by atoms with Crippen molar-refractivity contribution in [3.05, 3.63) is 89.7 Å². The Kier molecular flexibility index (Phi) is 4.61. The van der Waals surface area contributed by atoms with Crippen LogP contribution in [0.4, 0.5) is 0 Å². The number of aromatic nitrogens is 4. The van der Waals surface area contributed by atoms with Gasteiger partial charge in [0.05, 0.1) is 17.3 Å². The van der Waals surface area contributed by atoms with Gasteiger partial charge in [0.1, 0.15) is 5.52 Å². The van der Waals surface area contributed by atoms with E-state index in [2.05, 4.69) is 20.6 Å². The molecule has 134 valence electrons. The van der Waals surface area contributed by atoms with Gasteiger partial charge in [0, 0.05) is 18.3 Å². The van der Waals surface area contributed by atoms with E-state index in [0.29, 0.717) is 11.1 Å². The Bertz CT molecular complexity index is 1020. The number of fused-ring (bicyclic) bond motifs is 1. The summed E-state index contributed by atoms with van der Waals surface area (Å²) >= 11 is 0. The molecule has 0 bridgehead atoms. The standard InChI is InChI=1S/C21H19N5O/c1-2-26-19-12-11-16(14-18(19)24-25-26)21(27)23-20(15-8-4-3-5-9-15)17-10-6-7-13-22-17/h3-14,20H,2H2,1H3,(H,23,27). The van der Waals surface area contributed by atoms with Gasteiger partial charge in [0.15, 0.2) is 0 Å². The second kappa shape index (κ2) is 7.37. The number of pyridine rings is 1. The van der Waals surface area contributed by atoms with Crippen molar-refractivity contribution in [1.29, 1.82) is 0 Å². The zero-order valence-corrected chi connectivity index (χ0v) is 14.9. The van der Waals surface area contributed by atoms with Gasteiger partial charge in [0.25, 0.3) is 5.91 Å². The van der Waals surface area contributed by atoms with Gasteiger partial charge in [-0.1, -0.05) is 41.6 Å². The van der Waals surface area contributed by atoms with Crippen LogP contribution in [0.25, 0.3) is 11.0 Å². The van der Waals surface area contributed by atoms with Crippen LogP contribution < -0.4 is 5.32 Å². The van der Waals surface area contributed by atoms with Gasteiger partial charge in [0.2, 0.25) is 0 Å². The molecule has 0 saturated heterocycles. The minimum atomic E-state index is -0.332. The summed E-state index contributed by atoms with van der Waals surface area (Å²) in [5, 5.41) is 11.3. The smallest absolute Gasteiger partial charge is 0.252 e. The number of hydrogen-bond donors (Lipinski definition) is 1. The molecule has 1 unspecified atom stereocenters. The molecule has 1 N–H and O–H groups in total. The number of aryl methyl sites for hydroxylation is 1.